The quantitative estimate of drug-likeness (QED) is 0.734. The number of carbonyl (C=O) groups excluding carboxylic acids is 2. The highest BCUT2D eigenvalue weighted by atomic mass is 16.2. The molecule has 0 spiro atoms. The maximum atomic E-state index is 13.2. The molecule has 2 N–H and O–H groups in total. The van der Waals surface area contributed by atoms with Crippen molar-refractivity contribution in [3.05, 3.63) is 76.2 Å². The van der Waals surface area contributed by atoms with Crippen molar-refractivity contribution in [2.75, 3.05) is 13.1 Å². The first kappa shape index (κ1) is 18.9. The van der Waals surface area contributed by atoms with Gasteiger partial charge in [0.1, 0.15) is 11.2 Å². The number of amides is 2. The van der Waals surface area contributed by atoms with E-state index in [1.165, 1.54) is 0 Å². The molecule has 1 saturated heterocycles. The molecule has 2 amide bonds. The summed E-state index contributed by atoms with van der Waals surface area (Å²) in [4.78, 5) is 43.7. The number of primary amides is 1. The summed E-state index contributed by atoms with van der Waals surface area (Å²) in [7, 11) is 0. The molecule has 7 nitrogen and oxygen atoms in total. The van der Waals surface area contributed by atoms with E-state index >= 15 is 0 Å². The first-order valence-corrected chi connectivity index (χ1v) is 9.65. The summed E-state index contributed by atoms with van der Waals surface area (Å²) in [5, 5.41) is 0.735. The van der Waals surface area contributed by atoms with Gasteiger partial charge in [0.15, 0.2) is 0 Å². The third kappa shape index (κ3) is 3.76. The van der Waals surface area contributed by atoms with Crippen molar-refractivity contribution < 1.29 is 9.59 Å². The smallest absolute Gasteiger partial charge is 0.265 e. The lowest BCUT2D eigenvalue weighted by molar-refractivity contribution is -0.123. The molecular formula is C22H22N4O3. The van der Waals surface area contributed by atoms with Crippen molar-refractivity contribution in [2.45, 2.75) is 19.4 Å². The van der Waals surface area contributed by atoms with Gasteiger partial charge in [-0.1, -0.05) is 30.3 Å². The molecule has 148 valence electrons. The van der Waals surface area contributed by atoms with Gasteiger partial charge >= 0.3 is 0 Å². The molecule has 29 heavy (non-hydrogen) atoms. The number of hydrogen-bond acceptors (Lipinski definition) is 4. The predicted octanol–water partition coefficient (Wildman–Crippen LogP) is 1.78. The standard InChI is InChI=1S/C22H22N4O3/c23-19(27)16-8-11-25(12-9-16)21(28)18-13-17-7-4-10-24-20(17)26(22(18)29)14-15-5-2-1-3-6-15/h1-7,10,13,16H,8-9,11-12,14H2,(H2,23,27). The van der Waals surface area contributed by atoms with Crippen LogP contribution in [0.4, 0.5) is 0 Å². The Morgan fingerprint density at radius 1 is 1.07 bits per heavy atom. The van der Waals surface area contributed by atoms with Crippen LogP contribution in [-0.4, -0.2) is 39.4 Å². The molecule has 0 aliphatic carbocycles. The van der Waals surface area contributed by atoms with E-state index in [1.807, 2.05) is 36.4 Å². The minimum Gasteiger partial charge on any atom is -0.369 e. The highest BCUT2D eigenvalue weighted by Gasteiger charge is 2.28. The zero-order valence-corrected chi connectivity index (χ0v) is 16.0. The predicted molar refractivity (Wildman–Crippen MR) is 109 cm³/mol. The van der Waals surface area contributed by atoms with Crippen LogP contribution in [0.15, 0.2) is 59.5 Å². The zero-order chi connectivity index (χ0) is 20.4. The van der Waals surface area contributed by atoms with Crippen LogP contribution in [-0.2, 0) is 11.3 Å². The molecule has 1 fully saturated rings. The largest absolute Gasteiger partial charge is 0.369 e. The Morgan fingerprint density at radius 3 is 2.48 bits per heavy atom. The molecule has 0 bridgehead atoms. The SMILES string of the molecule is NC(=O)C1CCN(C(=O)c2cc3cccnc3n(Cc3ccccc3)c2=O)CC1. The summed E-state index contributed by atoms with van der Waals surface area (Å²) < 4.78 is 1.55. The number of rotatable bonds is 4. The molecule has 0 unspecified atom stereocenters. The van der Waals surface area contributed by atoms with E-state index in [0.29, 0.717) is 38.1 Å². The van der Waals surface area contributed by atoms with E-state index in [2.05, 4.69) is 4.98 Å². The van der Waals surface area contributed by atoms with E-state index in [9.17, 15) is 14.4 Å². The molecule has 7 heteroatoms. The molecule has 2 aromatic heterocycles. The average molecular weight is 390 g/mol. The summed E-state index contributed by atoms with van der Waals surface area (Å²) >= 11 is 0. The Balaban J connectivity index is 1.72. The number of hydrogen-bond donors (Lipinski definition) is 1. The maximum Gasteiger partial charge on any atom is 0.265 e. The summed E-state index contributed by atoms with van der Waals surface area (Å²) in [6, 6.07) is 14.9. The summed E-state index contributed by atoms with van der Waals surface area (Å²) in [5.74, 6) is -0.862. The second-order valence-corrected chi connectivity index (χ2v) is 7.32. The highest BCUT2D eigenvalue weighted by Crippen LogP contribution is 2.19. The molecule has 0 radical (unpaired) electrons. The van der Waals surface area contributed by atoms with Crippen molar-refractivity contribution in [3.63, 3.8) is 0 Å². The van der Waals surface area contributed by atoms with Crippen LogP contribution in [0.2, 0.25) is 0 Å². The number of benzene rings is 1. The van der Waals surface area contributed by atoms with Crippen LogP contribution in [0.5, 0.6) is 0 Å². The Kier molecular flexibility index (Phi) is 5.12. The van der Waals surface area contributed by atoms with E-state index < -0.39 is 0 Å². The molecule has 1 aromatic carbocycles. The number of aromatic nitrogens is 2. The minimum absolute atomic E-state index is 0.124. The van der Waals surface area contributed by atoms with Crippen LogP contribution in [0.3, 0.4) is 0 Å². The van der Waals surface area contributed by atoms with Crippen molar-refractivity contribution in [2.24, 2.45) is 11.7 Å². The van der Waals surface area contributed by atoms with Gasteiger partial charge in [-0.15, -0.1) is 0 Å². The Labute approximate surface area is 167 Å². The summed E-state index contributed by atoms with van der Waals surface area (Å²) in [5.41, 5.74) is 6.64. The number of nitrogens with two attached hydrogens (primary N) is 1. The van der Waals surface area contributed by atoms with Crippen LogP contribution in [0.25, 0.3) is 11.0 Å². The second-order valence-electron chi connectivity index (χ2n) is 7.32. The minimum atomic E-state index is -0.359. The fourth-order valence-electron chi connectivity index (χ4n) is 3.81. The molecule has 1 aliphatic heterocycles. The van der Waals surface area contributed by atoms with Gasteiger partial charge in [-0.3, -0.25) is 19.0 Å². The monoisotopic (exact) mass is 390 g/mol. The average Bonchev–Trinajstić information content (AvgIpc) is 2.76. The fraction of sp³-hybridized carbons (Fsp3) is 0.273. The van der Waals surface area contributed by atoms with Gasteiger partial charge in [-0.05, 0) is 36.6 Å². The van der Waals surface area contributed by atoms with E-state index in [4.69, 9.17) is 5.73 Å². The number of fused-ring (bicyclic) bond motifs is 1. The number of carbonyl (C=O) groups is 2. The summed E-state index contributed by atoms with van der Waals surface area (Å²) in [6.07, 6.45) is 2.68. The second kappa shape index (κ2) is 7.87. The first-order chi connectivity index (χ1) is 14.0. The van der Waals surface area contributed by atoms with Gasteiger partial charge in [-0.2, -0.15) is 0 Å². The Bertz CT molecular complexity index is 1120. The maximum absolute atomic E-state index is 13.2. The van der Waals surface area contributed by atoms with Gasteiger partial charge in [0.25, 0.3) is 11.5 Å². The molecule has 0 atom stereocenters. The fourth-order valence-corrected chi connectivity index (χ4v) is 3.81. The molecule has 0 saturated carbocycles. The van der Waals surface area contributed by atoms with Gasteiger partial charge < -0.3 is 10.6 Å². The summed E-state index contributed by atoms with van der Waals surface area (Å²) in [6.45, 7) is 1.16. The van der Waals surface area contributed by atoms with Gasteiger partial charge in [0.2, 0.25) is 5.91 Å². The Hall–Kier alpha value is -3.48. The Morgan fingerprint density at radius 2 is 1.79 bits per heavy atom. The van der Waals surface area contributed by atoms with E-state index in [-0.39, 0.29) is 28.9 Å². The number of pyridine rings is 2. The van der Waals surface area contributed by atoms with Crippen LogP contribution < -0.4 is 11.3 Å². The lowest BCUT2D eigenvalue weighted by Gasteiger charge is -2.30. The van der Waals surface area contributed by atoms with Gasteiger partial charge in [0, 0.05) is 30.6 Å². The van der Waals surface area contributed by atoms with Crippen molar-refractivity contribution in [1.29, 1.82) is 0 Å². The van der Waals surface area contributed by atoms with Gasteiger partial charge in [0.05, 0.1) is 6.54 Å². The molecular weight excluding hydrogens is 368 g/mol. The topological polar surface area (TPSA) is 98.3 Å². The van der Waals surface area contributed by atoms with Crippen molar-refractivity contribution in [3.8, 4) is 0 Å². The molecule has 1 aliphatic rings. The van der Waals surface area contributed by atoms with Crippen LogP contribution in [0, 0.1) is 5.92 Å². The van der Waals surface area contributed by atoms with Gasteiger partial charge in [-0.25, -0.2) is 4.98 Å². The lowest BCUT2D eigenvalue weighted by atomic mass is 9.96. The number of piperidine rings is 1. The van der Waals surface area contributed by atoms with Crippen LogP contribution in [0.1, 0.15) is 28.8 Å². The van der Waals surface area contributed by atoms with Crippen LogP contribution >= 0.6 is 0 Å². The lowest BCUT2D eigenvalue weighted by Crippen LogP contribution is -2.43. The third-order valence-corrected chi connectivity index (χ3v) is 5.45. The normalized spacial score (nSPS) is 14.8. The first-order valence-electron chi connectivity index (χ1n) is 9.65. The molecule has 4 rings (SSSR count). The van der Waals surface area contributed by atoms with E-state index in [0.717, 1.165) is 10.9 Å². The highest BCUT2D eigenvalue weighted by molar-refractivity contribution is 5.97. The van der Waals surface area contributed by atoms with E-state index in [1.54, 1.807) is 27.8 Å². The molecule has 3 heterocycles. The van der Waals surface area contributed by atoms with Crippen molar-refractivity contribution >= 4 is 22.8 Å². The number of nitrogens with zero attached hydrogens (tertiary/aromatic N) is 3. The molecule has 3 aromatic rings. The third-order valence-electron chi connectivity index (χ3n) is 5.45. The zero-order valence-electron chi connectivity index (χ0n) is 16.0. The van der Waals surface area contributed by atoms with Crippen molar-refractivity contribution in [1.82, 2.24) is 14.5 Å². The number of likely N-dealkylation sites (tertiary alicyclic amines) is 1.